The average Bonchev–Trinajstić information content (AvgIpc) is 3.65. The lowest BCUT2D eigenvalue weighted by Gasteiger charge is -2.26. The number of nitrogens with one attached hydrogen (secondary N) is 3. The molecule has 0 aliphatic carbocycles. The van der Waals surface area contributed by atoms with Crippen LogP contribution in [0.4, 0.5) is 10.5 Å². The van der Waals surface area contributed by atoms with Crippen molar-refractivity contribution in [3.63, 3.8) is 0 Å². The van der Waals surface area contributed by atoms with Gasteiger partial charge < -0.3 is 83.4 Å². The summed E-state index contributed by atoms with van der Waals surface area (Å²) in [6.45, 7) is 7.06. The maximum Gasteiger partial charge on any atom is 0.312 e. The number of carbonyl (C=O) groups is 8. The number of nitrogens with zero attached hydrogens (tertiary/aromatic N) is 2. The number of esters is 1. The van der Waals surface area contributed by atoms with Gasteiger partial charge in [-0.2, -0.15) is 0 Å². The number of anilines is 1. The van der Waals surface area contributed by atoms with Crippen LogP contribution in [0.15, 0.2) is 36.4 Å². The Morgan fingerprint density at radius 3 is 1.71 bits per heavy atom. The Bertz CT molecular complexity index is 1830. The number of carbonyl (C=O) groups excluding carboxylic acids is 8. The number of urea groups is 1. The van der Waals surface area contributed by atoms with E-state index in [1.54, 1.807) is 58.9 Å². The third-order valence-electron chi connectivity index (χ3n) is 9.81. The Balaban J connectivity index is 1.86. The number of nitrogens with two attached hydrogens (primary N) is 1. The molecule has 72 heavy (non-hydrogen) atoms. The van der Waals surface area contributed by atoms with Crippen molar-refractivity contribution in [1.82, 2.24) is 20.4 Å². The first kappa shape index (κ1) is 62.6. The number of primary amides is 1. The fourth-order valence-electron chi connectivity index (χ4n) is 5.92. The van der Waals surface area contributed by atoms with Crippen molar-refractivity contribution in [1.29, 1.82) is 0 Å². The van der Waals surface area contributed by atoms with E-state index in [2.05, 4.69) is 16.0 Å². The molecule has 5 N–H and O–H groups in total. The fourth-order valence-corrected chi connectivity index (χ4v) is 5.92. The first-order valence-electron chi connectivity index (χ1n) is 22.9. The lowest BCUT2D eigenvalue weighted by Crippen LogP contribution is -2.48. The van der Waals surface area contributed by atoms with Gasteiger partial charge in [0.05, 0.1) is 12.0 Å². The van der Waals surface area contributed by atoms with E-state index >= 15 is 0 Å². The molecule has 0 bridgehead atoms. The molecule has 26 nitrogen and oxygen atoms in total. The third-order valence-corrected chi connectivity index (χ3v) is 9.81. The number of Topliss-reactive ketones (excluding diaryl/α,β-unsaturated/α-hetero) is 1. The molecule has 1 aromatic carbocycles. The molecule has 1 aliphatic heterocycles. The lowest BCUT2D eigenvalue weighted by atomic mass is 9.88. The SMILES string of the molecule is COCOCOCOCOCOCOCOCOCOCOCCN(CCC(=O)C[C@H](C(=O)N[C@@H](CCCNC(N)=O)C(=O)Nc1ccc(COC(=O)C(C)(C)C)cc1)C(C)C)C(=O)CN1C(=O)C=CC1=O. The van der Waals surface area contributed by atoms with Crippen LogP contribution >= 0.6 is 0 Å². The topological polar surface area (TPSA) is 316 Å². The molecule has 0 aromatic heterocycles. The van der Waals surface area contributed by atoms with Crippen molar-refractivity contribution in [3.05, 3.63) is 42.0 Å². The normalized spacial score (nSPS) is 13.3. The van der Waals surface area contributed by atoms with Crippen molar-refractivity contribution < 1.29 is 95.2 Å². The zero-order chi connectivity index (χ0) is 53.2. The summed E-state index contributed by atoms with van der Waals surface area (Å²) in [5, 5.41) is 8.00. The van der Waals surface area contributed by atoms with Crippen LogP contribution in [-0.4, -0.2) is 171 Å². The van der Waals surface area contributed by atoms with Gasteiger partial charge in [-0.1, -0.05) is 26.0 Å². The predicted octanol–water partition coefficient (Wildman–Crippen LogP) is 1.41. The zero-order valence-electron chi connectivity index (χ0n) is 42.0. The van der Waals surface area contributed by atoms with E-state index in [-0.39, 0.29) is 144 Å². The van der Waals surface area contributed by atoms with Crippen LogP contribution in [0.5, 0.6) is 0 Å². The molecule has 1 aromatic rings. The molecule has 2 atom stereocenters. The average molecular weight is 1030 g/mol. The van der Waals surface area contributed by atoms with Gasteiger partial charge in [-0.25, -0.2) is 4.79 Å². The number of methoxy groups -OCH3 is 1. The van der Waals surface area contributed by atoms with Crippen molar-refractivity contribution in [2.24, 2.45) is 23.0 Å². The van der Waals surface area contributed by atoms with Gasteiger partial charge in [0.2, 0.25) is 17.7 Å². The van der Waals surface area contributed by atoms with Crippen molar-refractivity contribution in [2.75, 3.05) is 113 Å². The molecule has 1 heterocycles. The Morgan fingerprint density at radius 1 is 0.708 bits per heavy atom. The first-order chi connectivity index (χ1) is 34.4. The van der Waals surface area contributed by atoms with E-state index in [9.17, 15) is 38.4 Å². The van der Waals surface area contributed by atoms with Gasteiger partial charge in [0.15, 0.2) is 54.3 Å². The highest BCUT2D eigenvalue weighted by Gasteiger charge is 2.31. The molecule has 26 heteroatoms. The number of amides is 7. The second-order valence-corrected chi connectivity index (χ2v) is 17.0. The van der Waals surface area contributed by atoms with Crippen molar-refractivity contribution in [2.45, 2.75) is 73.0 Å². The number of imide groups is 1. The van der Waals surface area contributed by atoms with Crippen LogP contribution in [0, 0.1) is 17.3 Å². The highest BCUT2D eigenvalue weighted by Crippen LogP contribution is 2.20. The van der Waals surface area contributed by atoms with E-state index in [4.69, 9.17) is 62.6 Å². The second kappa shape index (κ2) is 36.4. The quantitative estimate of drug-likeness (QED) is 0.0312. The molecule has 1 aliphatic rings. The summed E-state index contributed by atoms with van der Waals surface area (Å²) in [7, 11) is 1.49. The number of ether oxygens (including phenoxy) is 12. The highest BCUT2D eigenvalue weighted by atomic mass is 16.8. The number of hydrogen-bond acceptors (Lipinski definition) is 20. The summed E-state index contributed by atoms with van der Waals surface area (Å²) in [6, 6.07) is 4.78. The summed E-state index contributed by atoms with van der Waals surface area (Å²) in [5.41, 5.74) is 5.62. The number of ketones is 1. The van der Waals surface area contributed by atoms with Gasteiger partial charge in [0.1, 0.15) is 38.6 Å². The maximum absolute atomic E-state index is 13.8. The Labute approximate surface area is 418 Å². The van der Waals surface area contributed by atoms with E-state index in [0.29, 0.717) is 11.3 Å². The monoisotopic (exact) mass is 1030 g/mol. The maximum atomic E-state index is 13.8. The van der Waals surface area contributed by atoms with E-state index in [1.807, 2.05) is 0 Å². The summed E-state index contributed by atoms with van der Waals surface area (Å²) >= 11 is 0. The standard InChI is InChI=1S/C46H72N6O20/c1-33(2)37(42(57)50-38(8-7-16-48-45(47)60)43(58)49-35-11-9-34(10-12-35)22-72-44(59)46(3,4)5)20-36(53)15-17-51(41(56)21-52-39(54)13-14-40(52)55)18-19-62-24-64-26-66-28-68-30-70-32-71-31-69-29-67-27-65-25-63-23-61-6/h9-14,33,37-38H,7-8,15-32H2,1-6H3,(H,49,58)(H,50,57)(H3,47,48,60)/t37-,38-/m0/s1. The largest absolute Gasteiger partial charge is 0.460 e. The van der Waals surface area contributed by atoms with Crippen LogP contribution in [0.3, 0.4) is 0 Å². The highest BCUT2D eigenvalue weighted by molar-refractivity contribution is 6.14. The molecule has 0 unspecified atom stereocenters. The third kappa shape index (κ3) is 27.9. The Morgan fingerprint density at radius 2 is 1.22 bits per heavy atom. The van der Waals surface area contributed by atoms with Gasteiger partial charge in [-0.05, 0) is 57.2 Å². The van der Waals surface area contributed by atoms with Crippen molar-refractivity contribution in [3.8, 4) is 0 Å². The summed E-state index contributed by atoms with van der Waals surface area (Å²) in [4.78, 5) is 104. The molecule has 2 rings (SSSR count). The fraction of sp³-hybridized carbons (Fsp3) is 0.652. The van der Waals surface area contributed by atoms with Gasteiger partial charge in [0, 0.05) is 63.3 Å². The van der Waals surface area contributed by atoms with Crippen LogP contribution in [0.25, 0.3) is 0 Å². The summed E-state index contributed by atoms with van der Waals surface area (Å²) in [5.74, 6) is -5.05. The van der Waals surface area contributed by atoms with Gasteiger partial charge in [-0.15, -0.1) is 0 Å². The van der Waals surface area contributed by atoms with E-state index in [1.165, 1.54) is 12.0 Å². The summed E-state index contributed by atoms with van der Waals surface area (Å²) in [6.07, 6.45) is 2.04. The molecule has 0 saturated heterocycles. The minimum Gasteiger partial charge on any atom is -0.460 e. The molecular formula is C46H72N6O20. The molecule has 0 spiro atoms. The minimum atomic E-state index is -1.08. The van der Waals surface area contributed by atoms with Crippen LogP contribution < -0.4 is 21.7 Å². The molecular weight excluding hydrogens is 957 g/mol. The first-order valence-corrected chi connectivity index (χ1v) is 22.9. The predicted molar refractivity (Wildman–Crippen MR) is 249 cm³/mol. The lowest BCUT2D eigenvalue weighted by molar-refractivity contribution is -0.231. The van der Waals surface area contributed by atoms with Gasteiger partial charge in [-0.3, -0.25) is 38.5 Å². The minimum absolute atomic E-state index is 0.0133. The summed E-state index contributed by atoms with van der Waals surface area (Å²) < 4.78 is 61.3. The van der Waals surface area contributed by atoms with Crippen LogP contribution in [0.1, 0.15) is 65.9 Å². The Hall–Kier alpha value is -5.52. The van der Waals surface area contributed by atoms with Crippen LogP contribution in [0.2, 0.25) is 0 Å². The van der Waals surface area contributed by atoms with Gasteiger partial charge >= 0.3 is 12.0 Å². The zero-order valence-corrected chi connectivity index (χ0v) is 42.0. The molecule has 7 amide bonds. The van der Waals surface area contributed by atoms with Crippen molar-refractivity contribution >= 4 is 53.0 Å². The second-order valence-electron chi connectivity index (χ2n) is 17.0. The Kier molecular flexibility index (Phi) is 31.6. The van der Waals surface area contributed by atoms with E-state index in [0.717, 1.165) is 17.1 Å². The van der Waals surface area contributed by atoms with E-state index < -0.39 is 59.5 Å². The smallest absolute Gasteiger partial charge is 0.312 e. The molecule has 406 valence electrons. The molecule has 0 radical (unpaired) electrons. The van der Waals surface area contributed by atoms with Crippen LogP contribution in [-0.2, 0) is 97.0 Å². The van der Waals surface area contributed by atoms with Gasteiger partial charge in [0.25, 0.3) is 11.8 Å². The number of benzene rings is 1. The molecule has 0 fully saturated rings. The number of rotatable bonds is 41. The molecule has 0 saturated carbocycles. The number of hydrogen-bond donors (Lipinski definition) is 4.